The second kappa shape index (κ2) is 12.0. The number of rotatable bonds is 10. The fourth-order valence-corrected chi connectivity index (χ4v) is 4.45. The number of nitrogens with one attached hydrogen (secondary N) is 2. The second-order valence-corrected chi connectivity index (χ2v) is 9.07. The highest BCUT2D eigenvalue weighted by molar-refractivity contribution is 6.18. The number of nitrogens with zero attached hydrogens (tertiary/aromatic N) is 3. The normalized spacial score (nSPS) is 14.0. The van der Waals surface area contributed by atoms with E-state index in [0.717, 1.165) is 50.2 Å². The van der Waals surface area contributed by atoms with Crippen molar-refractivity contribution in [2.45, 2.75) is 13.0 Å². The number of aromatic nitrogens is 1. The van der Waals surface area contributed by atoms with E-state index in [1.807, 2.05) is 12.1 Å². The molecule has 1 amide bonds. The lowest BCUT2D eigenvalue weighted by Crippen LogP contribution is -2.46. The minimum absolute atomic E-state index is 0.0139. The van der Waals surface area contributed by atoms with Crippen molar-refractivity contribution in [1.29, 1.82) is 0 Å². The summed E-state index contributed by atoms with van der Waals surface area (Å²) in [6, 6.07) is 13.2. The molecule has 0 unspecified atom stereocenters. The van der Waals surface area contributed by atoms with Crippen LogP contribution in [0.2, 0.25) is 0 Å². The summed E-state index contributed by atoms with van der Waals surface area (Å²) < 4.78 is 27.1. The molecule has 4 rings (SSSR count). The van der Waals surface area contributed by atoms with Crippen molar-refractivity contribution in [2.24, 2.45) is 5.73 Å². The topological polar surface area (TPSA) is 86.5 Å². The van der Waals surface area contributed by atoms with Crippen molar-refractivity contribution >= 4 is 40.4 Å². The molecule has 190 valence electrons. The van der Waals surface area contributed by atoms with Crippen LogP contribution in [0.5, 0.6) is 0 Å². The van der Waals surface area contributed by atoms with Gasteiger partial charge in [-0.15, -0.1) is 11.6 Å². The zero-order valence-electron chi connectivity index (χ0n) is 19.8. The van der Waals surface area contributed by atoms with Gasteiger partial charge in [-0.05, 0) is 42.0 Å². The number of halogens is 3. The van der Waals surface area contributed by atoms with Crippen molar-refractivity contribution in [3.63, 3.8) is 0 Å². The van der Waals surface area contributed by atoms with Crippen LogP contribution in [0.3, 0.4) is 0 Å². The van der Waals surface area contributed by atoms with Crippen LogP contribution in [0.1, 0.15) is 11.1 Å². The average Bonchev–Trinajstić information content (AvgIpc) is 2.84. The van der Waals surface area contributed by atoms with Crippen LogP contribution in [0.25, 0.3) is 0 Å². The van der Waals surface area contributed by atoms with Gasteiger partial charge in [0, 0.05) is 86.1 Å². The lowest BCUT2D eigenvalue weighted by molar-refractivity contribution is -0.117. The summed E-state index contributed by atoms with van der Waals surface area (Å²) in [5.74, 6) is -0.600. The van der Waals surface area contributed by atoms with Gasteiger partial charge in [-0.2, -0.15) is 0 Å². The third kappa shape index (κ3) is 7.05. The van der Waals surface area contributed by atoms with E-state index in [2.05, 4.69) is 37.6 Å². The van der Waals surface area contributed by atoms with E-state index in [1.54, 1.807) is 12.3 Å². The molecule has 1 aromatic heterocycles. The van der Waals surface area contributed by atoms with Gasteiger partial charge in [-0.3, -0.25) is 9.69 Å². The molecule has 1 aliphatic heterocycles. The first-order valence-corrected chi connectivity index (χ1v) is 12.3. The summed E-state index contributed by atoms with van der Waals surface area (Å²) in [4.78, 5) is 20.6. The molecule has 36 heavy (non-hydrogen) atoms. The Kier molecular flexibility index (Phi) is 8.56. The van der Waals surface area contributed by atoms with Gasteiger partial charge in [0.05, 0.1) is 6.42 Å². The summed E-state index contributed by atoms with van der Waals surface area (Å²) in [7, 11) is 0. The Balaban J connectivity index is 1.43. The number of primary amides is 1. The smallest absolute Gasteiger partial charge is 0.221 e. The number of carbonyl (C=O) groups is 1. The van der Waals surface area contributed by atoms with Gasteiger partial charge in [0.25, 0.3) is 0 Å². The lowest BCUT2D eigenvalue weighted by Gasteiger charge is -2.35. The van der Waals surface area contributed by atoms with Crippen LogP contribution in [-0.4, -0.2) is 54.4 Å². The Morgan fingerprint density at radius 3 is 2.36 bits per heavy atom. The molecule has 7 nitrogen and oxygen atoms in total. The summed E-state index contributed by atoms with van der Waals surface area (Å²) in [6.45, 7) is 4.97. The van der Waals surface area contributed by atoms with E-state index < -0.39 is 17.5 Å². The molecule has 0 aliphatic carbocycles. The SMILES string of the molecule is NC(=O)Cc1cnc(Nc2ccc(N3CCN(CCCl)CC3)cc2)cc1NCc1cc(F)cc(F)c1. The molecule has 0 saturated carbocycles. The van der Waals surface area contributed by atoms with Crippen LogP contribution in [0.15, 0.2) is 54.7 Å². The highest BCUT2D eigenvalue weighted by atomic mass is 35.5. The van der Waals surface area contributed by atoms with Gasteiger partial charge >= 0.3 is 0 Å². The molecular formula is C26H29ClF2N6O. The van der Waals surface area contributed by atoms with E-state index >= 15 is 0 Å². The number of carbonyl (C=O) groups excluding carboxylic acids is 1. The number of alkyl halides is 1. The van der Waals surface area contributed by atoms with Gasteiger partial charge in [0.15, 0.2) is 0 Å². The molecule has 2 aromatic carbocycles. The zero-order valence-corrected chi connectivity index (χ0v) is 20.6. The molecule has 0 bridgehead atoms. The van der Waals surface area contributed by atoms with Crippen molar-refractivity contribution in [3.05, 3.63) is 77.5 Å². The fraction of sp³-hybridized carbons (Fsp3) is 0.308. The van der Waals surface area contributed by atoms with E-state index in [4.69, 9.17) is 17.3 Å². The zero-order chi connectivity index (χ0) is 25.5. The van der Waals surface area contributed by atoms with Gasteiger partial charge in [0.1, 0.15) is 17.5 Å². The van der Waals surface area contributed by atoms with E-state index in [9.17, 15) is 13.6 Å². The second-order valence-electron chi connectivity index (χ2n) is 8.69. The number of pyridine rings is 1. The predicted octanol–water partition coefficient (Wildman–Crippen LogP) is 4.10. The Bertz CT molecular complexity index is 1170. The van der Waals surface area contributed by atoms with Crippen LogP contribution in [0.4, 0.5) is 31.7 Å². The standard InChI is InChI=1S/C26H29ClF2N6O/c27-5-6-34-7-9-35(10-8-34)23-3-1-22(2-4-23)33-26-15-24(19(17-32-26)13-25(30)36)31-16-18-11-20(28)14-21(29)12-18/h1-4,11-12,14-15,17H,5-10,13,16H2,(H2,30,36)(H2,31,32,33). The summed E-state index contributed by atoms with van der Waals surface area (Å²) in [5, 5.41) is 6.41. The molecule has 0 atom stereocenters. The Labute approximate surface area is 214 Å². The van der Waals surface area contributed by atoms with Crippen LogP contribution < -0.4 is 21.3 Å². The molecule has 0 spiro atoms. The van der Waals surface area contributed by atoms with Gasteiger partial charge in [0.2, 0.25) is 5.91 Å². The molecule has 0 radical (unpaired) electrons. The van der Waals surface area contributed by atoms with Crippen molar-refractivity contribution < 1.29 is 13.6 Å². The Morgan fingerprint density at radius 2 is 1.72 bits per heavy atom. The molecule has 4 N–H and O–H groups in total. The molecule has 1 fully saturated rings. The molecule has 10 heteroatoms. The van der Waals surface area contributed by atoms with Crippen LogP contribution in [-0.2, 0) is 17.8 Å². The van der Waals surface area contributed by atoms with Crippen molar-refractivity contribution in [3.8, 4) is 0 Å². The largest absolute Gasteiger partial charge is 0.381 e. The number of hydrogen-bond acceptors (Lipinski definition) is 6. The maximum atomic E-state index is 13.5. The highest BCUT2D eigenvalue weighted by Gasteiger charge is 2.16. The van der Waals surface area contributed by atoms with Crippen molar-refractivity contribution in [2.75, 3.05) is 54.1 Å². The van der Waals surface area contributed by atoms with Crippen LogP contribution in [0, 0.1) is 11.6 Å². The maximum absolute atomic E-state index is 13.5. The summed E-state index contributed by atoms with van der Waals surface area (Å²) in [6.07, 6.45) is 1.55. The number of hydrogen-bond donors (Lipinski definition) is 3. The van der Waals surface area contributed by atoms with Gasteiger partial charge in [-0.25, -0.2) is 13.8 Å². The molecule has 1 saturated heterocycles. The fourth-order valence-electron chi connectivity index (χ4n) is 4.21. The van der Waals surface area contributed by atoms with Crippen LogP contribution >= 0.6 is 11.6 Å². The minimum atomic E-state index is -0.651. The number of nitrogens with two attached hydrogens (primary N) is 1. The lowest BCUT2D eigenvalue weighted by atomic mass is 10.1. The number of piperazine rings is 1. The number of benzene rings is 2. The number of anilines is 4. The third-order valence-electron chi connectivity index (χ3n) is 6.03. The van der Waals surface area contributed by atoms with Crippen molar-refractivity contribution in [1.82, 2.24) is 9.88 Å². The average molecular weight is 515 g/mol. The summed E-state index contributed by atoms with van der Waals surface area (Å²) >= 11 is 5.85. The van der Waals surface area contributed by atoms with E-state index in [-0.39, 0.29) is 13.0 Å². The minimum Gasteiger partial charge on any atom is -0.381 e. The Hall–Kier alpha value is -3.43. The predicted molar refractivity (Wildman–Crippen MR) is 140 cm³/mol. The van der Waals surface area contributed by atoms with E-state index in [1.165, 1.54) is 12.1 Å². The molecule has 1 aliphatic rings. The van der Waals surface area contributed by atoms with Gasteiger partial charge < -0.3 is 21.3 Å². The number of amides is 1. The maximum Gasteiger partial charge on any atom is 0.221 e. The molecule has 2 heterocycles. The molecule has 3 aromatic rings. The molecular weight excluding hydrogens is 486 g/mol. The quantitative estimate of drug-likeness (QED) is 0.353. The van der Waals surface area contributed by atoms with Gasteiger partial charge in [-0.1, -0.05) is 0 Å². The Morgan fingerprint density at radius 1 is 1.03 bits per heavy atom. The first kappa shape index (κ1) is 25.7. The van der Waals surface area contributed by atoms with E-state index in [0.29, 0.717) is 28.5 Å². The third-order valence-corrected chi connectivity index (χ3v) is 6.20. The summed E-state index contributed by atoms with van der Waals surface area (Å²) in [5.41, 5.74) is 9.01. The first-order chi connectivity index (χ1) is 17.4. The monoisotopic (exact) mass is 514 g/mol. The first-order valence-electron chi connectivity index (χ1n) is 11.8. The highest BCUT2D eigenvalue weighted by Crippen LogP contribution is 2.25.